The summed E-state index contributed by atoms with van der Waals surface area (Å²) in [5, 5.41) is 2.72. The molecule has 2 atom stereocenters. The molecule has 2 rings (SSSR count). The highest BCUT2D eigenvalue weighted by Gasteiger charge is 2.16. The summed E-state index contributed by atoms with van der Waals surface area (Å²) < 4.78 is 22.1. The van der Waals surface area contributed by atoms with E-state index < -0.39 is 10.8 Å². The first kappa shape index (κ1) is 15.2. The summed E-state index contributed by atoms with van der Waals surface area (Å²) in [5.74, 6) is -0.220. The van der Waals surface area contributed by atoms with Crippen molar-refractivity contribution in [3.05, 3.63) is 24.3 Å². The third-order valence-electron chi connectivity index (χ3n) is 3.01. The Hall–Kier alpha value is -1.24. The summed E-state index contributed by atoms with van der Waals surface area (Å²) in [6.45, 7) is 1.23. The molecule has 1 amide bonds. The number of carbonyl (C=O) groups is 1. The highest BCUT2D eigenvalue weighted by Crippen LogP contribution is 2.14. The fourth-order valence-electron chi connectivity index (χ4n) is 2.01. The zero-order valence-electron chi connectivity index (χ0n) is 11.5. The molecule has 0 aliphatic carbocycles. The molecule has 1 aromatic carbocycles. The van der Waals surface area contributed by atoms with Crippen LogP contribution in [-0.2, 0) is 25.1 Å². The molecule has 0 aromatic heterocycles. The van der Waals surface area contributed by atoms with Gasteiger partial charge in [-0.3, -0.25) is 9.00 Å². The van der Waals surface area contributed by atoms with Crippen molar-refractivity contribution >= 4 is 22.4 Å². The van der Waals surface area contributed by atoms with Crippen LogP contribution in [0.25, 0.3) is 0 Å². The number of hydrogen-bond acceptors (Lipinski definition) is 4. The highest BCUT2D eigenvalue weighted by molar-refractivity contribution is 7.84. The zero-order chi connectivity index (χ0) is 14.4. The quantitative estimate of drug-likeness (QED) is 0.865. The molecule has 0 bridgehead atoms. The average molecular weight is 297 g/mol. The molecule has 0 saturated carbocycles. The van der Waals surface area contributed by atoms with Crippen LogP contribution in [-0.4, -0.2) is 42.3 Å². The number of ether oxygens (including phenoxy) is 2. The monoisotopic (exact) mass is 297 g/mol. The Morgan fingerprint density at radius 3 is 3.10 bits per heavy atom. The highest BCUT2D eigenvalue weighted by atomic mass is 32.2. The number of anilines is 1. The molecule has 110 valence electrons. The summed E-state index contributed by atoms with van der Waals surface area (Å²) in [6.07, 6.45) is 3.77. The minimum absolute atomic E-state index is 0.000693. The van der Waals surface area contributed by atoms with Gasteiger partial charge >= 0.3 is 0 Å². The molecule has 0 radical (unpaired) electrons. The van der Waals surface area contributed by atoms with E-state index in [0.717, 1.165) is 19.4 Å². The van der Waals surface area contributed by atoms with Crippen molar-refractivity contribution < 1.29 is 18.5 Å². The van der Waals surface area contributed by atoms with Crippen LogP contribution >= 0.6 is 0 Å². The van der Waals surface area contributed by atoms with Gasteiger partial charge in [0.2, 0.25) is 5.91 Å². The molecule has 20 heavy (non-hydrogen) atoms. The molecule has 1 aliphatic heterocycles. The maximum atomic E-state index is 11.7. The smallest absolute Gasteiger partial charge is 0.250 e. The van der Waals surface area contributed by atoms with Crippen molar-refractivity contribution in [1.82, 2.24) is 0 Å². The van der Waals surface area contributed by atoms with Gasteiger partial charge in [0.25, 0.3) is 0 Å². The van der Waals surface area contributed by atoms with Crippen LogP contribution < -0.4 is 5.32 Å². The van der Waals surface area contributed by atoms with E-state index in [9.17, 15) is 9.00 Å². The van der Waals surface area contributed by atoms with Gasteiger partial charge in [-0.25, -0.2) is 0 Å². The van der Waals surface area contributed by atoms with Crippen LogP contribution in [0.2, 0.25) is 0 Å². The number of rotatable bonds is 6. The molecule has 6 heteroatoms. The Balaban J connectivity index is 1.76. The molecule has 1 aromatic rings. The van der Waals surface area contributed by atoms with Crippen molar-refractivity contribution in [2.75, 3.05) is 31.4 Å². The van der Waals surface area contributed by atoms with E-state index in [-0.39, 0.29) is 18.6 Å². The fourth-order valence-corrected chi connectivity index (χ4v) is 2.57. The first-order valence-electron chi connectivity index (χ1n) is 6.58. The van der Waals surface area contributed by atoms with E-state index in [1.807, 2.05) is 0 Å². The van der Waals surface area contributed by atoms with Gasteiger partial charge in [-0.05, 0) is 31.0 Å². The van der Waals surface area contributed by atoms with Crippen molar-refractivity contribution in [2.24, 2.45) is 0 Å². The topological polar surface area (TPSA) is 64.6 Å². The Morgan fingerprint density at radius 1 is 1.55 bits per heavy atom. The molecule has 5 nitrogen and oxygen atoms in total. The summed E-state index contributed by atoms with van der Waals surface area (Å²) in [7, 11) is -1.06. The summed E-state index contributed by atoms with van der Waals surface area (Å²) in [6, 6.07) is 6.99. The minimum Gasteiger partial charge on any atom is -0.376 e. The summed E-state index contributed by atoms with van der Waals surface area (Å²) in [5.41, 5.74) is 0.628. The van der Waals surface area contributed by atoms with Gasteiger partial charge in [0.1, 0.15) is 6.61 Å². The lowest BCUT2D eigenvalue weighted by molar-refractivity contribution is -0.121. The molecular weight excluding hydrogens is 278 g/mol. The molecular formula is C14H19NO4S. The van der Waals surface area contributed by atoms with E-state index in [0.29, 0.717) is 17.2 Å². The van der Waals surface area contributed by atoms with Crippen molar-refractivity contribution in [2.45, 2.75) is 23.8 Å². The number of hydrogen-bond donors (Lipinski definition) is 1. The molecule has 1 heterocycles. The Bertz CT molecular complexity index is 486. The second-order valence-corrected chi connectivity index (χ2v) is 6.06. The lowest BCUT2D eigenvalue weighted by Gasteiger charge is -2.10. The Labute approximate surface area is 121 Å². The van der Waals surface area contributed by atoms with Gasteiger partial charge in [0, 0.05) is 34.2 Å². The minimum atomic E-state index is -1.06. The van der Waals surface area contributed by atoms with Crippen LogP contribution in [0.1, 0.15) is 12.8 Å². The number of benzene rings is 1. The number of amides is 1. The first-order valence-corrected chi connectivity index (χ1v) is 8.13. The first-order chi connectivity index (χ1) is 9.65. The van der Waals surface area contributed by atoms with Gasteiger partial charge < -0.3 is 14.8 Å². The normalized spacial score (nSPS) is 19.8. The molecule has 2 unspecified atom stereocenters. The third-order valence-corrected chi connectivity index (χ3v) is 3.93. The lowest BCUT2D eigenvalue weighted by atomic mass is 10.2. The predicted octanol–water partition coefficient (Wildman–Crippen LogP) is 1.56. The lowest BCUT2D eigenvalue weighted by Crippen LogP contribution is -2.22. The van der Waals surface area contributed by atoms with Crippen LogP contribution in [0, 0.1) is 0 Å². The third kappa shape index (κ3) is 4.70. The van der Waals surface area contributed by atoms with Crippen molar-refractivity contribution in [3.8, 4) is 0 Å². The SMILES string of the molecule is CS(=O)c1cccc(NC(=O)COCC2CCCO2)c1. The van der Waals surface area contributed by atoms with Gasteiger partial charge in [-0.15, -0.1) is 0 Å². The van der Waals surface area contributed by atoms with Crippen molar-refractivity contribution in [1.29, 1.82) is 0 Å². The average Bonchev–Trinajstić information content (AvgIpc) is 2.92. The van der Waals surface area contributed by atoms with Crippen LogP contribution in [0.3, 0.4) is 0 Å². The second kappa shape index (κ2) is 7.52. The fraction of sp³-hybridized carbons (Fsp3) is 0.500. The Morgan fingerprint density at radius 2 is 2.40 bits per heavy atom. The summed E-state index contributed by atoms with van der Waals surface area (Å²) >= 11 is 0. The number of nitrogens with one attached hydrogen (secondary N) is 1. The van der Waals surface area contributed by atoms with E-state index in [1.165, 1.54) is 0 Å². The maximum Gasteiger partial charge on any atom is 0.250 e. The van der Waals surface area contributed by atoms with Gasteiger partial charge in [-0.1, -0.05) is 6.07 Å². The Kier molecular flexibility index (Phi) is 5.70. The van der Waals surface area contributed by atoms with Gasteiger partial charge in [-0.2, -0.15) is 0 Å². The standard InChI is InChI=1S/C14H19NO4S/c1-20(17)13-6-2-4-11(8-13)15-14(16)10-18-9-12-5-3-7-19-12/h2,4,6,8,12H,3,5,7,9-10H2,1H3,(H,15,16). The largest absolute Gasteiger partial charge is 0.376 e. The van der Waals surface area contributed by atoms with Gasteiger partial charge in [0.15, 0.2) is 0 Å². The van der Waals surface area contributed by atoms with Crippen LogP contribution in [0.4, 0.5) is 5.69 Å². The van der Waals surface area contributed by atoms with E-state index in [1.54, 1.807) is 30.5 Å². The van der Waals surface area contributed by atoms with E-state index >= 15 is 0 Å². The second-order valence-electron chi connectivity index (χ2n) is 4.68. The molecule has 1 N–H and O–H groups in total. The van der Waals surface area contributed by atoms with Crippen molar-refractivity contribution in [3.63, 3.8) is 0 Å². The number of carbonyl (C=O) groups excluding carboxylic acids is 1. The molecule has 1 saturated heterocycles. The summed E-state index contributed by atoms with van der Waals surface area (Å²) in [4.78, 5) is 12.4. The van der Waals surface area contributed by atoms with Crippen LogP contribution in [0.5, 0.6) is 0 Å². The van der Waals surface area contributed by atoms with E-state index in [2.05, 4.69) is 5.32 Å². The zero-order valence-corrected chi connectivity index (χ0v) is 12.3. The van der Waals surface area contributed by atoms with Gasteiger partial charge in [0.05, 0.1) is 12.7 Å². The molecule has 1 fully saturated rings. The molecule has 1 aliphatic rings. The maximum absolute atomic E-state index is 11.7. The predicted molar refractivity (Wildman–Crippen MR) is 77.2 cm³/mol. The molecule has 0 spiro atoms. The van der Waals surface area contributed by atoms with E-state index in [4.69, 9.17) is 9.47 Å². The van der Waals surface area contributed by atoms with Crippen LogP contribution in [0.15, 0.2) is 29.2 Å².